The molecule has 0 bridgehead atoms. The van der Waals surface area contributed by atoms with Gasteiger partial charge in [-0.1, -0.05) is 18.5 Å². The van der Waals surface area contributed by atoms with Crippen molar-refractivity contribution in [2.75, 3.05) is 6.54 Å². The third-order valence-corrected chi connectivity index (χ3v) is 3.45. The van der Waals surface area contributed by atoms with E-state index in [0.717, 1.165) is 13.0 Å². The molecule has 1 atom stereocenters. The minimum atomic E-state index is -0.268. The Kier molecular flexibility index (Phi) is 5.46. The van der Waals surface area contributed by atoms with Crippen molar-refractivity contribution in [3.8, 4) is 0 Å². The fourth-order valence-corrected chi connectivity index (χ4v) is 2.37. The predicted octanol–water partition coefficient (Wildman–Crippen LogP) is 5.01. The molecule has 1 aromatic carbocycles. The van der Waals surface area contributed by atoms with E-state index in [2.05, 4.69) is 12.2 Å². The molecule has 0 fully saturated rings. The van der Waals surface area contributed by atoms with Gasteiger partial charge >= 0.3 is 0 Å². The van der Waals surface area contributed by atoms with Crippen LogP contribution in [0.3, 0.4) is 0 Å². The van der Waals surface area contributed by atoms with E-state index in [-0.39, 0.29) is 11.9 Å². The second-order valence-electron chi connectivity index (χ2n) is 4.59. The smallest absolute Gasteiger partial charge is 0.193 e. The van der Waals surface area contributed by atoms with Gasteiger partial charge in [0.15, 0.2) is 5.22 Å². The van der Waals surface area contributed by atoms with Gasteiger partial charge in [0.05, 0.1) is 6.04 Å². The molecule has 1 heterocycles. The lowest BCUT2D eigenvalue weighted by molar-refractivity contribution is 0.407. The molecule has 1 N–H and O–H groups in total. The standard InChI is InChI=1S/C15H16Cl2FNO/c1-2-7-19-13(14-5-6-15(17)20-14)9-10-8-11(16)3-4-12(10)18/h3-6,8,13,19H,2,7,9H2,1H3. The molecular weight excluding hydrogens is 300 g/mol. The highest BCUT2D eigenvalue weighted by Gasteiger charge is 2.17. The average Bonchev–Trinajstić information content (AvgIpc) is 2.85. The first-order valence-corrected chi connectivity index (χ1v) is 7.28. The van der Waals surface area contributed by atoms with Gasteiger partial charge in [0.2, 0.25) is 0 Å². The van der Waals surface area contributed by atoms with Crippen LogP contribution in [0, 0.1) is 5.82 Å². The van der Waals surface area contributed by atoms with Gasteiger partial charge in [0.1, 0.15) is 11.6 Å². The summed E-state index contributed by atoms with van der Waals surface area (Å²) in [6.45, 7) is 2.88. The lowest BCUT2D eigenvalue weighted by Gasteiger charge is -2.17. The summed E-state index contributed by atoms with van der Waals surface area (Å²) in [6.07, 6.45) is 1.43. The Balaban J connectivity index is 2.21. The maximum Gasteiger partial charge on any atom is 0.193 e. The molecule has 0 amide bonds. The van der Waals surface area contributed by atoms with Crippen molar-refractivity contribution < 1.29 is 8.81 Å². The lowest BCUT2D eigenvalue weighted by atomic mass is 10.0. The Morgan fingerprint density at radius 3 is 2.70 bits per heavy atom. The summed E-state index contributed by atoms with van der Waals surface area (Å²) in [5.41, 5.74) is 0.554. The van der Waals surface area contributed by atoms with Gasteiger partial charge in [-0.3, -0.25) is 0 Å². The van der Waals surface area contributed by atoms with E-state index in [1.165, 1.54) is 6.07 Å². The monoisotopic (exact) mass is 315 g/mol. The van der Waals surface area contributed by atoms with Gasteiger partial charge in [0.25, 0.3) is 0 Å². The Bertz CT molecular complexity index is 571. The van der Waals surface area contributed by atoms with E-state index in [4.69, 9.17) is 27.6 Å². The topological polar surface area (TPSA) is 25.2 Å². The van der Waals surface area contributed by atoms with Crippen LogP contribution in [0.25, 0.3) is 0 Å². The van der Waals surface area contributed by atoms with E-state index in [1.54, 1.807) is 24.3 Å². The minimum Gasteiger partial charge on any atom is -0.448 e. The maximum absolute atomic E-state index is 13.8. The number of hydrogen-bond acceptors (Lipinski definition) is 2. The third-order valence-electron chi connectivity index (χ3n) is 3.01. The summed E-state index contributed by atoms with van der Waals surface area (Å²) in [4.78, 5) is 0. The second-order valence-corrected chi connectivity index (χ2v) is 5.40. The number of hydrogen-bond donors (Lipinski definition) is 1. The summed E-state index contributed by atoms with van der Waals surface area (Å²) in [6, 6.07) is 7.92. The number of nitrogens with one attached hydrogen (secondary N) is 1. The highest BCUT2D eigenvalue weighted by Crippen LogP contribution is 2.25. The van der Waals surface area contributed by atoms with Gasteiger partial charge in [-0.15, -0.1) is 0 Å². The molecule has 0 saturated heterocycles. The summed E-state index contributed by atoms with van der Waals surface area (Å²) >= 11 is 11.7. The normalized spacial score (nSPS) is 12.6. The summed E-state index contributed by atoms with van der Waals surface area (Å²) in [5, 5.41) is 4.18. The van der Waals surface area contributed by atoms with Crippen LogP contribution in [0.2, 0.25) is 10.2 Å². The fraction of sp³-hybridized carbons (Fsp3) is 0.333. The van der Waals surface area contributed by atoms with Crippen molar-refractivity contribution in [1.82, 2.24) is 5.32 Å². The Hall–Kier alpha value is -1.03. The number of furan rings is 1. The van der Waals surface area contributed by atoms with Crippen LogP contribution in [0.4, 0.5) is 4.39 Å². The molecule has 0 spiro atoms. The van der Waals surface area contributed by atoms with Gasteiger partial charge in [-0.25, -0.2) is 4.39 Å². The Morgan fingerprint density at radius 1 is 1.25 bits per heavy atom. The van der Waals surface area contributed by atoms with Crippen LogP contribution >= 0.6 is 23.2 Å². The fourth-order valence-electron chi connectivity index (χ4n) is 2.03. The van der Waals surface area contributed by atoms with Crippen LogP contribution in [0.15, 0.2) is 34.7 Å². The predicted molar refractivity (Wildman–Crippen MR) is 79.9 cm³/mol. The Labute approximate surface area is 127 Å². The average molecular weight is 316 g/mol. The van der Waals surface area contributed by atoms with E-state index in [1.807, 2.05) is 0 Å². The van der Waals surface area contributed by atoms with Crippen LogP contribution < -0.4 is 5.32 Å². The second kappa shape index (κ2) is 7.11. The zero-order valence-corrected chi connectivity index (χ0v) is 12.6. The first kappa shape index (κ1) is 15.4. The van der Waals surface area contributed by atoms with Crippen molar-refractivity contribution in [1.29, 1.82) is 0 Å². The van der Waals surface area contributed by atoms with Crippen molar-refractivity contribution >= 4 is 23.2 Å². The van der Waals surface area contributed by atoms with Crippen molar-refractivity contribution in [2.24, 2.45) is 0 Å². The molecule has 0 aliphatic heterocycles. The highest BCUT2D eigenvalue weighted by molar-refractivity contribution is 6.30. The van der Waals surface area contributed by atoms with Crippen LogP contribution in [0.1, 0.15) is 30.7 Å². The van der Waals surface area contributed by atoms with E-state index < -0.39 is 0 Å². The van der Waals surface area contributed by atoms with Crippen molar-refractivity contribution in [3.05, 3.63) is 57.7 Å². The molecular formula is C15H16Cl2FNO. The summed E-state index contributed by atoms with van der Waals surface area (Å²) < 4.78 is 19.3. The molecule has 0 aliphatic rings. The highest BCUT2D eigenvalue weighted by atomic mass is 35.5. The largest absolute Gasteiger partial charge is 0.448 e. The van der Waals surface area contributed by atoms with E-state index >= 15 is 0 Å². The summed E-state index contributed by atoms with van der Waals surface area (Å²) in [5.74, 6) is 0.429. The molecule has 108 valence electrons. The molecule has 0 radical (unpaired) electrons. The number of rotatable bonds is 6. The first-order chi connectivity index (χ1) is 9.60. The molecule has 2 nitrogen and oxygen atoms in total. The van der Waals surface area contributed by atoms with Gasteiger partial charge in [0, 0.05) is 5.02 Å². The molecule has 2 rings (SSSR count). The maximum atomic E-state index is 13.8. The minimum absolute atomic E-state index is 0.129. The van der Waals surface area contributed by atoms with Crippen LogP contribution in [0.5, 0.6) is 0 Å². The molecule has 0 aliphatic carbocycles. The van der Waals surface area contributed by atoms with Crippen LogP contribution in [-0.2, 0) is 6.42 Å². The molecule has 0 saturated carbocycles. The van der Waals surface area contributed by atoms with E-state index in [9.17, 15) is 4.39 Å². The van der Waals surface area contributed by atoms with Gasteiger partial charge in [-0.05, 0) is 66.9 Å². The zero-order valence-electron chi connectivity index (χ0n) is 11.1. The summed E-state index contributed by atoms with van der Waals surface area (Å²) in [7, 11) is 0. The quantitative estimate of drug-likeness (QED) is 0.810. The van der Waals surface area contributed by atoms with Gasteiger partial charge < -0.3 is 9.73 Å². The Morgan fingerprint density at radius 2 is 2.05 bits per heavy atom. The third kappa shape index (κ3) is 3.98. The first-order valence-electron chi connectivity index (χ1n) is 6.52. The van der Waals surface area contributed by atoms with Gasteiger partial charge in [-0.2, -0.15) is 0 Å². The number of benzene rings is 1. The van der Waals surface area contributed by atoms with Crippen molar-refractivity contribution in [2.45, 2.75) is 25.8 Å². The molecule has 2 aromatic rings. The SMILES string of the molecule is CCCNC(Cc1cc(Cl)ccc1F)c1ccc(Cl)o1. The number of halogens is 3. The molecule has 20 heavy (non-hydrogen) atoms. The molecule has 1 aromatic heterocycles. The lowest BCUT2D eigenvalue weighted by Crippen LogP contribution is -2.24. The van der Waals surface area contributed by atoms with E-state index in [0.29, 0.717) is 28.0 Å². The molecule has 1 unspecified atom stereocenters. The van der Waals surface area contributed by atoms with Crippen LogP contribution in [-0.4, -0.2) is 6.54 Å². The zero-order chi connectivity index (χ0) is 14.5. The van der Waals surface area contributed by atoms with Crippen molar-refractivity contribution in [3.63, 3.8) is 0 Å². The molecule has 5 heteroatoms.